The lowest BCUT2D eigenvalue weighted by molar-refractivity contribution is -0.260. The molecular formula is C41H79NO12. The van der Waals surface area contributed by atoms with Crippen molar-refractivity contribution in [3.05, 3.63) is 0 Å². The Morgan fingerprint density at radius 2 is 1.59 bits per heavy atom. The zero-order valence-electron chi connectivity index (χ0n) is 36.3. The van der Waals surface area contributed by atoms with Crippen LogP contribution in [0.4, 0.5) is 4.79 Å². The van der Waals surface area contributed by atoms with Crippen LogP contribution >= 0.6 is 0 Å². The molecule has 320 valence electrons. The van der Waals surface area contributed by atoms with Crippen LogP contribution in [-0.4, -0.2) is 96.9 Å². The van der Waals surface area contributed by atoms with Crippen LogP contribution in [0, 0.1) is 29.6 Å². The molecule has 2 saturated heterocycles. The van der Waals surface area contributed by atoms with E-state index in [1.54, 1.807) is 20.8 Å². The number of cyclic esters (lactones) is 1. The van der Waals surface area contributed by atoms with Gasteiger partial charge in [0.15, 0.2) is 12.6 Å². The number of carbonyl (C=O) groups excluding carboxylic acids is 2. The Morgan fingerprint density at radius 1 is 0.981 bits per heavy atom. The molecular weight excluding hydrogens is 698 g/mol. The van der Waals surface area contributed by atoms with Gasteiger partial charge >= 0.3 is 18.1 Å². The summed E-state index contributed by atoms with van der Waals surface area (Å²) < 4.78 is 40.0. The van der Waals surface area contributed by atoms with E-state index in [0.717, 1.165) is 32.1 Å². The number of nitrogens with one attached hydrogen (secondary N) is 1. The number of carboxylic acid groups (broad SMARTS) is 1. The molecule has 2 fully saturated rings. The van der Waals surface area contributed by atoms with E-state index in [4.69, 9.17) is 38.3 Å². The number of methoxy groups -OCH3 is 1. The summed E-state index contributed by atoms with van der Waals surface area (Å²) in [6.07, 6.45) is 0.406. The van der Waals surface area contributed by atoms with Crippen LogP contribution in [-0.2, 0) is 42.7 Å². The first-order valence-corrected chi connectivity index (χ1v) is 20.4. The number of ether oxygens (including phenoxy) is 7. The number of hydrogen-bond donors (Lipinski definition) is 3. The first-order valence-electron chi connectivity index (χ1n) is 20.4. The first kappa shape index (κ1) is 52.0. The molecule has 0 aliphatic carbocycles. The highest BCUT2D eigenvalue weighted by Gasteiger charge is 2.44. The Balaban J connectivity index is 0.00000219. The number of rotatable bonds is 11. The third-order valence-corrected chi connectivity index (χ3v) is 9.98. The Labute approximate surface area is 327 Å². The normalized spacial score (nSPS) is 34.4. The Hall–Kier alpha value is -2.03. The zero-order valence-corrected chi connectivity index (χ0v) is 36.3. The first-order chi connectivity index (χ1) is 25.2. The molecule has 0 bridgehead atoms. The molecule has 14 atom stereocenters. The van der Waals surface area contributed by atoms with Gasteiger partial charge in [-0.05, 0) is 103 Å². The third-order valence-electron chi connectivity index (χ3n) is 9.98. The second kappa shape index (κ2) is 26.8. The average Bonchev–Trinajstić information content (AvgIpc) is 3.06. The van der Waals surface area contributed by atoms with E-state index < -0.39 is 66.8 Å². The van der Waals surface area contributed by atoms with E-state index in [0.29, 0.717) is 37.6 Å². The van der Waals surface area contributed by atoms with Gasteiger partial charge in [0.05, 0.1) is 18.1 Å². The van der Waals surface area contributed by atoms with Gasteiger partial charge in [-0.1, -0.05) is 61.8 Å². The van der Waals surface area contributed by atoms with Crippen LogP contribution in [0.2, 0.25) is 0 Å². The summed E-state index contributed by atoms with van der Waals surface area (Å²) in [4.78, 5) is 37.1. The fourth-order valence-corrected chi connectivity index (χ4v) is 7.69. The molecule has 3 N–H and O–H groups in total. The average molecular weight is 778 g/mol. The largest absolute Gasteiger partial charge is 0.506 e. The van der Waals surface area contributed by atoms with Gasteiger partial charge in [-0.25, -0.2) is 4.79 Å². The van der Waals surface area contributed by atoms with Crippen molar-refractivity contribution in [3.63, 3.8) is 0 Å². The minimum absolute atomic E-state index is 0.0412. The van der Waals surface area contributed by atoms with Crippen LogP contribution in [0.3, 0.4) is 0 Å². The maximum Gasteiger partial charge on any atom is 0.506 e. The second-order valence-corrected chi connectivity index (χ2v) is 15.8. The Morgan fingerprint density at radius 3 is 2.09 bits per heavy atom. The number of esters is 2. The van der Waals surface area contributed by atoms with Gasteiger partial charge in [-0.15, -0.1) is 0 Å². The molecule has 2 aliphatic heterocycles. The van der Waals surface area contributed by atoms with Gasteiger partial charge in [-0.2, -0.15) is 0 Å². The molecule has 0 saturated carbocycles. The SMILES string of the molecule is CC.CC1CC(C)OC(O)C1.CCCC(OC1C(C)CC(C)C[C@@H](C)NC[C@H](C)C[C@](C)(OC(=O)O)C(CC)OC(=O)C1C)O[C@@H](C)C(OC)OC(C)=O. The van der Waals surface area contributed by atoms with E-state index in [9.17, 15) is 19.5 Å². The molecule has 2 heterocycles. The van der Waals surface area contributed by atoms with Gasteiger partial charge in [0.1, 0.15) is 17.8 Å². The molecule has 0 aromatic rings. The lowest BCUT2D eigenvalue weighted by Gasteiger charge is -2.39. The fraction of sp³-hybridized carbons (Fsp3) is 0.927. The number of carbonyl (C=O) groups is 3. The fourth-order valence-electron chi connectivity index (χ4n) is 7.69. The predicted octanol–water partition coefficient (Wildman–Crippen LogP) is 8.09. The number of aliphatic hydroxyl groups excluding tert-OH is 1. The van der Waals surface area contributed by atoms with Crippen molar-refractivity contribution in [3.8, 4) is 0 Å². The monoisotopic (exact) mass is 778 g/mol. The second-order valence-electron chi connectivity index (χ2n) is 15.8. The summed E-state index contributed by atoms with van der Waals surface area (Å²) in [7, 11) is 1.44. The summed E-state index contributed by atoms with van der Waals surface area (Å²) in [6.45, 7) is 27.7. The van der Waals surface area contributed by atoms with Gasteiger partial charge in [-0.3, -0.25) is 9.59 Å². The summed E-state index contributed by atoms with van der Waals surface area (Å²) in [5.41, 5.74) is -1.23. The highest BCUT2D eigenvalue weighted by Crippen LogP contribution is 2.33. The van der Waals surface area contributed by atoms with Crippen molar-refractivity contribution in [1.29, 1.82) is 0 Å². The molecule has 10 unspecified atom stereocenters. The summed E-state index contributed by atoms with van der Waals surface area (Å²) in [5.74, 6) is -0.674. The van der Waals surface area contributed by atoms with E-state index >= 15 is 0 Å². The summed E-state index contributed by atoms with van der Waals surface area (Å²) in [6, 6.07) is 0.238. The van der Waals surface area contributed by atoms with Crippen molar-refractivity contribution < 1.29 is 57.8 Å². The molecule has 54 heavy (non-hydrogen) atoms. The quantitative estimate of drug-likeness (QED) is 0.105. The minimum Gasteiger partial charge on any atom is -0.458 e. The van der Waals surface area contributed by atoms with Crippen LogP contribution in [0.1, 0.15) is 148 Å². The smallest absolute Gasteiger partial charge is 0.458 e. The number of hydrogen-bond acceptors (Lipinski definition) is 12. The molecule has 0 spiro atoms. The molecule has 13 heteroatoms. The van der Waals surface area contributed by atoms with E-state index in [-0.39, 0.29) is 24.0 Å². The molecule has 0 aromatic heterocycles. The van der Waals surface area contributed by atoms with Crippen molar-refractivity contribution in [2.45, 2.75) is 203 Å². The molecule has 2 aliphatic rings. The van der Waals surface area contributed by atoms with Gasteiger partial charge < -0.3 is 48.7 Å². The maximum absolute atomic E-state index is 13.8. The molecule has 2 rings (SSSR count). The topological polar surface area (TPSA) is 168 Å². The molecule has 0 aromatic carbocycles. The zero-order chi connectivity index (χ0) is 41.8. The lowest BCUT2D eigenvalue weighted by Crippen LogP contribution is -2.49. The molecule has 0 amide bonds. The lowest BCUT2D eigenvalue weighted by atomic mass is 9.84. The van der Waals surface area contributed by atoms with Crippen LogP contribution in [0.15, 0.2) is 0 Å². The van der Waals surface area contributed by atoms with E-state index in [2.05, 4.69) is 33.0 Å². The highest BCUT2D eigenvalue weighted by molar-refractivity contribution is 5.73. The summed E-state index contributed by atoms with van der Waals surface area (Å²) in [5, 5.41) is 22.2. The van der Waals surface area contributed by atoms with Crippen LogP contribution in [0.5, 0.6) is 0 Å². The summed E-state index contributed by atoms with van der Waals surface area (Å²) >= 11 is 0. The van der Waals surface area contributed by atoms with Gasteiger partial charge in [0.25, 0.3) is 0 Å². The van der Waals surface area contributed by atoms with Gasteiger partial charge in [0, 0.05) is 26.5 Å². The van der Waals surface area contributed by atoms with Crippen LogP contribution in [0.25, 0.3) is 0 Å². The van der Waals surface area contributed by atoms with Gasteiger partial charge in [0.2, 0.25) is 6.29 Å². The Kier molecular flexibility index (Phi) is 25.7. The van der Waals surface area contributed by atoms with E-state index in [1.807, 2.05) is 41.5 Å². The van der Waals surface area contributed by atoms with Crippen molar-refractivity contribution >= 4 is 18.1 Å². The molecule has 13 nitrogen and oxygen atoms in total. The van der Waals surface area contributed by atoms with Crippen molar-refractivity contribution in [2.75, 3.05) is 13.7 Å². The number of aliphatic hydroxyl groups is 1. The van der Waals surface area contributed by atoms with Crippen molar-refractivity contribution in [1.82, 2.24) is 5.32 Å². The highest BCUT2D eigenvalue weighted by atomic mass is 16.7. The minimum atomic E-state index is -1.41. The van der Waals surface area contributed by atoms with Crippen LogP contribution < -0.4 is 5.32 Å². The van der Waals surface area contributed by atoms with E-state index in [1.165, 1.54) is 14.0 Å². The maximum atomic E-state index is 13.8. The third kappa shape index (κ3) is 19.7. The standard InChI is InChI=1S/C32H59NO10.C7H14O2.C2H6/c1-12-14-27(39-24(8)30(38-11)40-25(9)34)42-28-21(5)15-19(3)16-22(6)33-18-20(4)17-32(10,43-31(36)37)26(13-2)41-29(35)23(28)7;1-5-3-6(2)9-7(8)4-5;1-2/h19-24,26-28,30,33H,12-18H2,1-11H3,(H,36,37);5-8H,3-4H2,1-2H3;1-2H3/t19?,20-,21?,22-,23?,24+,26?,27?,28?,30?,32+;;/m1../s1. The van der Waals surface area contributed by atoms with Crippen molar-refractivity contribution in [2.24, 2.45) is 29.6 Å². The predicted molar refractivity (Wildman–Crippen MR) is 209 cm³/mol. The molecule has 0 radical (unpaired) electrons. The Bertz CT molecular complexity index is 1020.